The summed E-state index contributed by atoms with van der Waals surface area (Å²) in [5.74, 6) is 0.396. The van der Waals surface area contributed by atoms with E-state index in [1.54, 1.807) is 48.5 Å². The van der Waals surface area contributed by atoms with Gasteiger partial charge in [0.2, 0.25) is 11.8 Å². The van der Waals surface area contributed by atoms with Gasteiger partial charge in [0.05, 0.1) is 13.7 Å². The molecule has 0 aliphatic carbocycles. The van der Waals surface area contributed by atoms with Gasteiger partial charge in [-0.15, -0.1) is 0 Å². The summed E-state index contributed by atoms with van der Waals surface area (Å²) in [5, 5.41) is 0.583. The number of carbonyl (C=O) groups excluding carboxylic acids is 1. The smallest absolute Gasteiger partial charge is 0.248 e. The van der Waals surface area contributed by atoms with Crippen LogP contribution in [0.3, 0.4) is 0 Å². The highest BCUT2D eigenvalue weighted by molar-refractivity contribution is 6.30. The average Bonchev–Trinajstić information content (AvgIpc) is 2.69. The van der Waals surface area contributed by atoms with E-state index in [1.807, 2.05) is 6.07 Å². The van der Waals surface area contributed by atoms with E-state index in [0.717, 1.165) is 5.56 Å². The van der Waals surface area contributed by atoms with Crippen LogP contribution in [0.15, 0.2) is 42.6 Å². The van der Waals surface area contributed by atoms with Gasteiger partial charge in [0, 0.05) is 43.2 Å². The summed E-state index contributed by atoms with van der Waals surface area (Å²) in [4.78, 5) is 18.0. The Balaban J connectivity index is 1.46. The number of carbonyl (C=O) groups is 1. The lowest BCUT2D eigenvalue weighted by Gasteiger charge is -2.36. The Morgan fingerprint density at radius 1 is 1.22 bits per heavy atom. The van der Waals surface area contributed by atoms with Gasteiger partial charge in [-0.05, 0) is 29.3 Å². The van der Waals surface area contributed by atoms with Gasteiger partial charge in [0.1, 0.15) is 12.3 Å². The molecule has 2 heterocycles. The second kappa shape index (κ2) is 8.67. The molecule has 1 fully saturated rings. The average molecular weight is 393 g/mol. The van der Waals surface area contributed by atoms with Crippen molar-refractivity contribution < 1.29 is 18.7 Å². The number of hydrogen-bond donors (Lipinski definition) is 0. The summed E-state index contributed by atoms with van der Waals surface area (Å²) in [7, 11) is 1.55. The van der Waals surface area contributed by atoms with Crippen molar-refractivity contribution in [2.24, 2.45) is 0 Å². The molecule has 1 amide bonds. The lowest BCUT2D eigenvalue weighted by atomic mass is 9.86. The molecule has 144 valence electrons. The van der Waals surface area contributed by atoms with Crippen LogP contribution in [0.5, 0.6) is 5.88 Å². The van der Waals surface area contributed by atoms with Crippen LogP contribution in [-0.2, 0) is 21.8 Å². The Bertz CT molecular complexity index is 760. The van der Waals surface area contributed by atoms with Gasteiger partial charge in [0.15, 0.2) is 0 Å². The maximum atomic E-state index is 15.2. The number of likely N-dealkylation sites (tertiary alicyclic amines) is 1. The highest BCUT2D eigenvalue weighted by atomic mass is 35.5. The number of pyridine rings is 1. The minimum Gasteiger partial charge on any atom is -0.481 e. The molecule has 2 aromatic rings. The Hall–Kier alpha value is -2.18. The van der Waals surface area contributed by atoms with Crippen LogP contribution in [0.4, 0.5) is 4.39 Å². The molecule has 27 heavy (non-hydrogen) atoms. The molecule has 1 aromatic heterocycles. The van der Waals surface area contributed by atoms with Crippen LogP contribution < -0.4 is 4.74 Å². The minimum absolute atomic E-state index is 0.0355. The molecule has 0 radical (unpaired) electrons. The highest BCUT2D eigenvalue weighted by Gasteiger charge is 2.37. The van der Waals surface area contributed by atoms with E-state index in [-0.39, 0.29) is 32.0 Å². The molecular weight excluding hydrogens is 371 g/mol. The van der Waals surface area contributed by atoms with Crippen LogP contribution >= 0.6 is 11.6 Å². The standard InChI is InChI=1S/C20H22ClFN2O3/c1-26-18-7-2-15(12-23-18)13-27-14-19(25)24-10-8-20(22,9-11-24)16-3-5-17(21)6-4-16/h2-7,12H,8-11,13-14H2,1H3. The van der Waals surface area contributed by atoms with Crippen molar-refractivity contribution in [1.82, 2.24) is 9.88 Å². The Kier molecular flexibility index (Phi) is 6.29. The molecule has 0 bridgehead atoms. The number of piperidine rings is 1. The van der Waals surface area contributed by atoms with Gasteiger partial charge in [-0.25, -0.2) is 9.37 Å². The molecule has 0 N–H and O–H groups in total. The van der Waals surface area contributed by atoms with Crippen LogP contribution in [0.25, 0.3) is 0 Å². The molecule has 1 saturated heterocycles. The number of nitrogens with zero attached hydrogens (tertiary/aromatic N) is 2. The van der Waals surface area contributed by atoms with Crippen molar-refractivity contribution in [3.05, 3.63) is 58.7 Å². The molecule has 5 nitrogen and oxygen atoms in total. The lowest BCUT2D eigenvalue weighted by molar-refractivity contribution is -0.139. The first kappa shape index (κ1) is 19.6. The molecule has 0 unspecified atom stereocenters. The first-order valence-corrected chi connectivity index (χ1v) is 9.17. The topological polar surface area (TPSA) is 51.7 Å². The molecule has 7 heteroatoms. The summed E-state index contributed by atoms with van der Waals surface area (Å²) < 4.78 is 25.7. The minimum atomic E-state index is -1.42. The first-order valence-electron chi connectivity index (χ1n) is 8.79. The van der Waals surface area contributed by atoms with Gasteiger partial charge in [-0.1, -0.05) is 23.7 Å². The number of halogens is 2. The SMILES string of the molecule is COc1ccc(COCC(=O)N2CCC(F)(c3ccc(Cl)cc3)CC2)cn1. The number of alkyl halides is 1. The normalized spacial score (nSPS) is 16.2. The van der Waals surface area contributed by atoms with Gasteiger partial charge in [-0.2, -0.15) is 0 Å². The van der Waals surface area contributed by atoms with Crippen LogP contribution in [0.1, 0.15) is 24.0 Å². The fourth-order valence-electron chi connectivity index (χ4n) is 3.11. The number of amides is 1. The van der Waals surface area contributed by atoms with E-state index < -0.39 is 5.67 Å². The summed E-state index contributed by atoms with van der Waals surface area (Å²) in [5.41, 5.74) is 0.0480. The Morgan fingerprint density at radius 3 is 2.52 bits per heavy atom. The number of methoxy groups -OCH3 is 1. The van der Waals surface area contributed by atoms with Crippen molar-refractivity contribution in [3.8, 4) is 5.88 Å². The van der Waals surface area contributed by atoms with Crippen molar-refractivity contribution in [1.29, 1.82) is 0 Å². The van der Waals surface area contributed by atoms with Gasteiger partial charge in [0.25, 0.3) is 0 Å². The zero-order chi connectivity index (χ0) is 19.3. The third-order valence-corrected chi connectivity index (χ3v) is 5.02. The van der Waals surface area contributed by atoms with Gasteiger partial charge in [-0.3, -0.25) is 4.79 Å². The number of ether oxygens (including phenoxy) is 2. The van der Waals surface area contributed by atoms with E-state index in [2.05, 4.69) is 4.98 Å². The van der Waals surface area contributed by atoms with Crippen LogP contribution in [-0.4, -0.2) is 42.6 Å². The molecule has 1 aliphatic rings. The summed E-state index contributed by atoms with van der Waals surface area (Å²) in [6.07, 6.45) is 2.18. The van der Waals surface area contributed by atoms with E-state index >= 15 is 4.39 Å². The monoisotopic (exact) mass is 392 g/mol. The maximum absolute atomic E-state index is 15.2. The van der Waals surface area contributed by atoms with E-state index in [1.165, 1.54) is 0 Å². The van der Waals surface area contributed by atoms with Crippen molar-refractivity contribution in [2.45, 2.75) is 25.1 Å². The van der Waals surface area contributed by atoms with Crippen LogP contribution in [0, 0.1) is 0 Å². The largest absolute Gasteiger partial charge is 0.481 e. The molecular formula is C20H22ClFN2O3. The molecule has 3 rings (SSSR count). The molecule has 0 atom stereocenters. The summed E-state index contributed by atoms with van der Waals surface area (Å²) in [6, 6.07) is 10.4. The molecule has 1 aromatic carbocycles. The number of hydrogen-bond acceptors (Lipinski definition) is 4. The predicted octanol–water partition coefficient (Wildman–Crippen LogP) is 3.75. The third kappa shape index (κ3) is 4.96. The zero-order valence-corrected chi connectivity index (χ0v) is 15.9. The highest BCUT2D eigenvalue weighted by Crippen LogP contribution is 2.37. The number of benzene rings is 1. The van der Waals surface area contributed by atoms with Crippen molar-refractivity contribution in [3.63, 3.8) is 0 Å². The van der Waals surface area contributed by atoms with Gasteiger partial charge < -0.3 is 14.4 Å². The van der Waals surface area contributed by atoms with E-state index in [4.69, 9.17) is 21.1 Å². The van der Waals surface area contributed by atoms with Crippen LogP contribution in [0.2, 0.25) is 5.02 Å². The third-order valence-electron chi connectivity index (χ3n) is 4.77. The zero-order valence-electron chi connectivity index (χ0n) is 15.2. The Labute approximate surface area is 163 Å². The molecule has 0 saturated carbocycles. The predicted molar refractivity (Wildman–Crippen MR) is 100 cm³/mol. The lowest BCUT2D eigenvalue weighted by Crippen LogP contribution is -2.44. The van der Waals surface area contributed by atoms with E-state index in [9.17, 15) is 4.79 Å². The second-order valence-corrected chi connectivity index (χ2v) is 6.99. The fraction of sp³-hybridized carbons (Fsp3) is 0.400. The van der Waals surface area contributed by atoms with E-state index in [0.29, 0.717) is 29.6 Å². The van der Waals surface area contributed by atoms with Gasteiger partial charge >= 0.3 is 0 Å². The second-order valence-electron chi connectivity index (χ2n) is 6.55. The van der Waals surface area contributed by atoms with Crippen molar-refractivity contribution in [2.75, 3.05) is 26.8 Å². The quantitative estimate of drug-likeness (QED) is 0.751. The maximum Gasteiger partial charge on any atom is 0.248 e. The Morgan fingerprint density at radius 2 is 1.93 bits per heavy atom. The van der Waals surface area contributed by atoms with Crippen molar-refractivity contribution >= 4 is 17.5 Å². The number of rotatable bonds is 6. The molecule has 0 spiro atoms. The summed E-state index contributed by atoms with van der Waals surface area (Å²) in [6.45, 7) is 0.984. The summed E-state index contributed by atoms with van der Waals surface area (Å²) >= 11 is 5.87. The number of aromatic nitrogens is 1. The fourth-order valence-corrected chi connectivity index (χ4v) is 3.24. The first-order chi connectivity index (χ1) is 13.0. The molecule has 1 aliphatic heterocycles.